The molecule has 2 N–H and O–H groups in total. The number of rotatable bonds is 0. The second kappa shape index (κ2) is 3.86. The molecule has 0 aromatic rings. The van der Waals surface area contributed by atoms with Gasteiger partial charge in [-0.15, -0.1) is 0 Å². The minimum absolute atomic E-state index is 0.152. The number of nitrogens with zero attached hydrogens (tertiary/aromatic N) is 1. The Labute approximate surface area is 105 Å². The van der Waals surface area contributed by atoms with Gasteiger partial charge in [0.25, 0.3) is 5.91 Å². The van der Waals surface area contributed by atoms with Crippen LogP contribution in [-0.2, 0) is 9.53 Å². The number of carbonyl (C=O) groups excluding carboxylic acids is 3. The first-order chi connectivity index (χ1) is 8.22. The second-order valence-electron chi connectivity index (χ2n) is 5.64. The molecule has 1 atom stereocenters. The lowest BCUT2D eigenvalue weighted by atomic mass is 10.00. The second-order valence-corrected chi connectivity index (χ2v) is 5.64. The Bertz CT molecular complexity index is 415. The van der Waals surface area contributed by atoms with Gasteiger partial charge < -0.3 is 15.0 Å². The summed E-state index contributed by atoms with van der Waals surface area (Å²) in [5.41, 5.74) is -1.55. The van der Waals surface area contributed by atoms with Crippen LogP contribution in [0.4, 0.5) is 9.59 Å². The molecule has 2 rings (SSSR count). The third-order valence-electron chi connectivity index (χ3n) is 2.94. The summed E-state index contributed by atoms with van der Waals surface area (Å²) >= 11 is 0. The Morgan fingerprint density at radius 2 is 2.06 bits per heavy atom. The van der Waals surface area contributed by atoms with Crippen LogP contribution in [0.2, 0.25) is 0 Å². The first kappa shape index (κ1) is 12.7. The minimum Gasteiger partial charge on any atom is -0.444 e. The van der Waals surface area contributed by atoms with E-state index < -0.39 is 23.3 Å². The largest absolute Gasteiger partial charge is 0.444 e. The number of ether oxygens (including phenoxy) is 1. The molecule has 100 valence electrons. The molecule has 7 nitrogen and oxygen atoms in total. The zero-order chi connectivity index (χ0) is 13.6. The third-order valence-corrected chi connectivity index (χ3v) is 2.94. The number of carbonyl (C=O) groups is 3. The highest BCUT2D eigenvalue weighted by Crippen LogP contribution is 2.25. The van der Waals surface area contributed by atoms with Crippen molar-refractivity contribution in [3.63, 3.8) is 0 Å². The van der Waals surface area contributed by atoms with Gasteiger partial charge in [-0.2, -0.15) is 0 Å². The molecule has 0 saturated carbocycles. The van der Waals surface area contributed by atoms with E-state index in [1.54, 1.807) is 20.8 Å². The Morgan fingerprint density at radius 3 is 2.56 bits per heavy atom. The topological polar surface area (TPSA) is 87.7 Å². The smallest absolute Gasteiger partial charge is 0.410 e. The maximum atomic E-state index is 11.8. The fourth-order valence-corrected chi connectivity index (χ4v) is 2.11. The van der Waals surface area contributed by atoms with Crippen molar-refractivity contribution >= 4 is 18.0 Å². The standard InChI is InChI=1S/C11H17N3O4/c1-10(2,3)18-9(17)14-5-4-11(6-14)7(15)12-8(16)13-11/h4-6H2,1-3H3,(H2,12,13,15,16)/t11-/m1/s1. The summed E-state index contributed by atoms with van der Waals surface area (Å²) in [5.74, 6) is -0.376. The number of hydrogen-bond donors (Lipinski definition) is 2. The first-order valence-corrected chi connectivity index (χ1v) is 5.83. The summed E-state index contributed by atoms with van der Waals surface area (Å²) in [4.78, 5) is 36.1. The average Bonchev–Trinajstić information content (AvgIpc) is 2.70. The number of amides is 4. The lowest BCUT2D eigenvalue weighted by molar-refractivity contribution is -0.123. The number of hydrogen-bond acceptors (Lipinski definition) is 4. The molecule has 7 heteroatoms. The Balaban J connectivity index is 2.03. The Morgan fingerprint density at radius 1 is 1.39 bits per heavy atom. The molecule has 4 amide bonds. The molecule has 2 heterocycles. The molecular weight excluding hydrogens is 238 g/mol. The summed E-state index contributed by atoms with van der Waals surface area (Å²) < 4.78 is 5.23. The molecule has 2 aliphatic heterocycles. The van der Waals surface area contributed by atoms with Crippen LogP contribution in [0.25, 0.3) is 0 Å². The molecule has 1 spiro atoms. The van der Waals surface area contributed by atoms with Gasteiger partial charge in [0, 0.05) is 6.54 Å². The van der Waals surface area contributed by atoms with Crippen LogP contribution in [0.1, 0.15) is 27.2 Å². The molecule has 2 aliphatic rings. The van der Waals surface area contributed by atoms with E-state index in [0.717, 1.165) is 0 Å². The highest BCUT2D eigenvalue weighted by atomic mass is 16.6. The van der Waals surface area contributed by atoms with E-state index >= 15 is 0 Å². The van der Waals surface area contributed by atoms with E-state index in [2.05, 4.69) is 10.6 Å². The zero-order valence-electron chi connectivity index (χ0n) is 10.7. The van der Waals surface area contributed by atoms with Crippen molar-refractivity contribution in [2.24, 2.45) is 0 Å². The van der Waals surface area contributed by atoms with Gasteiger partial charge in [0.2, 0.25) is 0 Å². The molecule has 0 aromatic heterocycles. The Kier molecular flexibility index (Phi) is 2.71. The third kappa shape index (κ3) is 2.25. The van der Waals surface area contributed by atoms with Crippen LogP contribution < -0.4 is 10.6 Å². The van der Waals surface area contributed by atoms with Crippen LogP contribution in [-0.4, -0.2) is 47.2 Å². The molecule has 2 saturated heterocycles. The van der Waals surface area contributed by atoms with Crippen molar-refractivity contribution in [2.75, 3.05) is 13.1 Å². The van der Waals surface area contributed by atoms with E-state index in [1.807, 2.05) is 0 Å². The highest BCUT2D eigenvalue weighted by Gasteiger charge is 2.52. The van der Waals surface area contributed by atoms with Gasteiger partial charge in [-0.05, 0) is 27.2 Å². The lowest BCUT2D eigenvalue weighted by Gasteiger charge is -2.25. The molecule has 0 radical (unpaired) electrons. The van der Waals surface area contributed by atoms with Crippen molar-refractivity contribution in [3.05, 3.63) is 0 Å². The summed E-state index contributed by atoms with van der Waals surface area (Å²) in [6.45, 7) is 5.88. The van der Waals surface area contributed by atoms with E-state index in [4.69, 9.17) is 4.74 Å². The minimum atomic E-state index is -0.978. The predicted molar refractivity (Wildman–Crippen MR) is 61.8 cm³/mol. The van der Waals surface area contributed by atoms with Crippen molar-refractivity contribution in [3.8, 4) is 0 Å². The van der Waals surface area contributed by atoms with E-state index in [9.17, 15) is 14.4 Å². The average molecular weight is 255 g/mol. The van der Waals surface area contributed by atoms with Crippen LogP contribution in [0.5, 0.6) is 0 Å². The summed E-state index contributed by atoms with van der Waals surface area (Å²) in [6, 6.07) is -0.508. The van der Waals surface area contributed by atoms with E-state index in [-0.39, 0.29) is 12.5 Å². The molecule has 0 bridgehead atoms. The number of nitrogens with one attached hydrogen (secondary N) is 2. The highest BCUT2D eigenvalue weighted by molar-refractivity contribution is 6.07. The molecule has 0 aliphatic carbocycles. The summed E-state index contributed by atoms with van der Waals surface area (Å²) in [6.07, 6.45) is -0.0580. The molecular formula is C11H17N3O4. The van der Waals surface area contributed by atoms with Gasteiger partial charge in [-0.25, -0.2) is 9.59 Å². The van der Waals surface area contributed by atoms with Gasteiger partial charge in [-0.3, -0.25) is 10.1 Å². The SMILES string of the molecule is CC(C)(C)OC(=O)N1CC[C@]2(C1)NC(=O)NC2=O. The fraction of sp³-hybridized carbons (Fsp3) is 0.727. The molecule has 2 fully saturated rings. The number of likely N-dealkylation sites (tertiary alicyclic amines) is 1. The van der Waals surface area contributed by atoms with Crippen molar-refractivity contribution < 1.29 is 19.1 Å². The van der Waals surface area contributed by atoms with Crippen molar-refractivity contribution in [1.29, 1.82) is 0 Å². The van der Waals surface area contributed by atoms with Crippen LogP contribution in [0, 0.1) is 0 Å². The van der Waals surface area contributed by atoms with Gasteiger partial charge in [0.05, 0.1) is 6.54 Å². The first-order valence-electron chi connectivity index (χ1n) is 5.83. The van der Waals surface area contributed by atoms with Gasteiger partial charge in [0.15, 0.2) is 0 Å². The van der Waals surface area contributed by atoms with Gasteiger partial charge >= 0.3 is 12.1 Å². The quantitative estimate of drug-likeness (QED) is 0.605. The van der Waals surface area contributed by atoms with Crippen LogP contribution in [0.15, 0.2) is 0 Å². The molecule has 0 aromatic carbocycles. The van der Waals surface area contributed by atoms with Crippen molar-refractivity contribution in [2.45, 2.75) is 38.3 Å². The van der Waals surface area contributed by atoms with Gasteiger partial charge in [0.1, 0.15) is 11.1 Å². The summed E-state index contributed by atoms with van der Waals surface area (Å²) in [5, 5.41) is 4.77. The lowest BCUT2D eigenvalue weighted by Crippen LogP contribution is -2.50. The van der Waals surface area contributed by atoms with Crippen LogP contribution in [0.3, 0.4) is 0 Å². The summed E-state index contributed by atoms with van der Waals surface area (Å²) in [7, 11) is 0. The monoisotopic (exact) mass is 255 g/mol. The fourth-order valence-electron chi connectivity index (χ4n) is 2.11. The Hall–Kier alpha value is -1.79. The normalized spacial score (nSPS) is 27.4. The predicted octanol–water partition coefficient (Wildman–Crippen LogP) is 0.205. The number of imide groups is 1. The van der Waals surface area contributed by atoms with Gasteiger partial charge in [-0.1, -0.05) is 0 Å². The molecule has 18 heavy (non-hydrogen) atoms. The molecule has 0 unspecified atom stereocenters. The maximum Gasteiger partial charge on any atom is 0.410 e. The van der Waals surface area contributed by atoms with E-state index in [0.29, 0.717) is 13.0 Å². The zero-order valence-corrected chi connectivity index (χ0v) is 10.7. The maximum absolute atomic E-state index is 11.8. The van der Waals surface area contributed by atoms with Crippen molar-refractivity contribution in [1.82, 2.24) is 15.5 Å². The van der Waals surface area contributed by atoms with E-state index in [1.165, 1.54) is 4.90 Å². The number of urea groups is 1. The van der Waals surface area contributed by atoms with Crippen LogP contribution >= 0.6 is 0 Å².